The third-order valence-corrected chi connectivity index (χ3v) is 6.71. The van der Waals surface area contributed by atoms with E-state index in [0.717, 1.165) is 0 Å². The Morgan fingerprint density at radius 1 is 0.841 bits per heavy atom. The van der Waals surface area contributed by atoms with Crippen molar-refractivity contribution in [3.8, 4) is 0 Å². The molecule has 1 aliphatic rings. The number of aliphatic imine (C=N–C) groups is 1. The molecule has 0 bridgehead atoms. The van der Waals surface area contributed by atoms with Gasteiger partial charge in [0.15, 0.2) is 5.96 Å². The number of carboxylic acids is 1. The van der Waals surface area contributed by atoms with Gasteiger partial charge in [-0.05, 0) is 24.8 Å². The fourth-order valence-electron chi connectivity index (χ4n) is 4.46. The van der Waals surface area contributed by atoms with Crippen LogP contribution in [0.15, 0.2) is 35.3 Å². The van der Waals surface area contributed by atoms with E-state index in [4.69, 9.17) is 11.5 Å². The number of carboxylic acid groups (broad SMARTS) is 1. The summed E-state index contributed by atoms with van der Waals surface area (Å²) in [6.07, 6.45) is 1.02. The average Bonchev–Trinajstić information content (AvgIpc) is 2.97. The number of aliphatic carboxylic acids is 1. The highest BCUT2D eigenvalue weighted by Gasteiger charge is 2.33. The molecule has 2 rings (SSSR count). The van der Waals surface area contributed by atoms with Crippen molar-refractivity contribution >= 4 is 41.5 Å². The molecular weight excluding hydrogens is 574 g/mol. The van der Waals surface area contributed by atoms with Crippen LogP contribution in [-0.4, -0.2) is 97.4 Å². The van der Waals surface area contributed by atoms with Crippen LogP contribution in [0.5, 0.6) is 0 Å². The lowest BCUT2D eigenvalue weighted by Gasteiger charge is -2.26. The van der Waals surface area contributed by atoms with Gasteiger partial charge in [-0.2, -0.15) is 7.05 Å². The highest BCUT2D eigenvalue weighted by molar-refractivity contribution is 5.98. The van der Waals surface area contributed by atoms with Gasteiger partial charge in [0.25, 0.3) is 0 Å². The van der Waals surface area contributed by atoms with E-state index in [1.54, 1.807) is 37.4 Å². The number of nitrogens with zero attached hydrogens (tertiary/aromatic N) is 2. The molecule has 16 heteroatoms. The summed E-state index contributed by atoms with van der Waals surface area (Å²) in [5.41, 5.74) is 11.4. The zero-order valence-corrected chi connectivity index (χ0v) is 24.7. The molecule has 4 atom stereocenters. The van der Waals surface area contributed by atoms with Crippen molar-refractivity contribution in [3.63, 3.8) is 0 Å². The lowest BCUT2D eigenvalue weighted by molar-refractivity contribution is -0.141. The van der Waals surface area contributed by atoms with E-state index in [0.29, 0.717) is 31.4 Å². The van der Waals surface area contributed by atoms with E-state index in [2.05, 4.69) is 36.9 Å². The van der Waals surface area contributed by atoms with Crippen LogP contribution in [-0.2, 0) is 35.2 Å². The van der Waals surface area contributed by atoms with E-state index in [1.807, 2.05) is 0 Å². The standard InChI is InChI=1S/C28H42N9O7/c1-31-12-6-5-10-19-25(42)35-18(11-7-13-32-28(29)30)24(41)33-16-22(38)34-21(15-23(39)40)27(44)37-20(26(43)36-19)14-17-8-3-2-4-9-17/h2-4,8-9,18-21H,5-7,10-16H2,1H3,(H,33,41)(H,34,38)(H,35,42)(H,36,43)(H,37,44)(H,39,40)(H4,29,30,32)/q-1. The first-order valence-corrected chi connectivity index (χ1v) is 14.3. The molecule has 0 spiro atoms. The normalized spacial score (nSPS) is 21.8. The number of rotatable bonds is 13. The van der Waals surface area contributed by atoms with Gasteiger partial charge >= 0.3 is 5.97 Å². The summed E-state index contributed by atoms with van der Waals surface area (Å²) >= 11 is 0. The van der Waals surface area contributed by atoms with Crippen LogP contribution in [0.2, 0.25) is 0 Å². The first kappa shape index (κ1) is 35.5. The van der Waals surface area contributed by atoms with Gasteiger partial charge in [-0.1, -0.05) is 43.2 Å². The Morgan fingerprint density at radius 3 is 2.07 bits per heavy atom. The smallest absolute Gasteiger partial charge is 0.305 e. The minimum Gasteiger partial charge on any atom is -0.665 e. The zero-order chi connectivity index (χ0) is 32.5. The fraction of sp³-hybridized carbons (Fsp3) is 0.536. The number of guanidine groups is 1. The number of hydrogen-bond donors (Lipinski definition) is 8. The van der Waals surface area contributed by atoms with E-state index in [-0.39, 0.29) is 31.8 Å². The topological polar surface area (TPSA) is 261 Å². The van der Waals surface area contributed by atoms with Crippen molar-refractivity contribution in [2.45, 2.75) is 69.1 Å². The molecular formula is C28H42N9O7-. The maximum Gasteiger partial charge on any atom is 0.305 e. The fourth-order valence-corrected chi connectivity index (χ4v) is 4.46. The van der Waals surface area contributed by atoms with Crippen LogP contribution in [0, 0.1) is 0 Å². The van der Waals surface area contributed by atoms with Crippen molar-refractivity contribution in [2.24, 2.45) is 16.5 Å². The Balaban J connectivity index is 2.44. The first-order valence-electron chi connectivity index (χ1n) is 14.3. The number of carbonyl (C=O) groups excluding carboxylic acids is 5. The van der Waals surface area contributed by atoms with Gasteiger partial charge in [0.1, 0.15) is 24.2 Å². The molecule has 1 aromatic carbocycles. The van der Waals surface area contributed by atoms with Gasteiger partial charge in [-0.25, -0.2) is 0 Å². The third-order valence-electron chi connectivity index (χ3n) is 6.71. The van der Waals surface area contributed by atoms with Gasteiger partial charge < -0.3 is 48.5 Å². The monoisotopic (exact) mass is 616 g/mol. The third kappa shape index (κ3) is 13.1. The molecule has 1 heterocycles. The highest BCUT2D eigenvalue weighted by Crippen LogP contribution is 2.09. The Morgan fingerprint density at radius 2 is 1.43 bits per heavy atom. The molecule has 4 unspecified atom stereocenters. The maximum atomic E-state index is 13.6. The minimum atomic E-state index is -1.54. The summed E-state index contributed by atoms with van der Waals surface area (Å²) in [5, 5.41) is 26.0. The van der Waals surface area contributed by atoms with E-state index < -0.39 is 72.6 Å². The molecule has 0 saturated carbocycles. The summed E-state index contributed by atoms with van der Waals surface area (Å²) in [6, 6.07) is 3.81. The SMILES string of the molecule is C[N-]CCCCC1NC(=O)C(Cc2ccccc2)NC(=O)C(CC(=O)O)NC(=O)CNC(=O)C(CCCN=C(N)N)NC1=O. The highest BCUT2D eigenvalue weighted by atomic mass is 16.4. The predicted octanol–water partition coefficient (Wildman–Crippen LogP) is -2.00. The quantitative estimate of drug-likeness (QED) is 0.0691. The molecule has 0 radical (unpaired) electrons. The van der Waals surface area contributed by atoms with Gasteiger partial charge in [0, 0.05) is 13.0 Å². The molecule has 1 aliphatic heterocycles. The zero-order valence-electron chi connectivity index (χ0n) is 24.7. The number of carbonyl (C=O) groups is 6. The molecule has 1 saturated heterocycles. The lowest BCUT2D eigenvalue weighted by atomic mass is 10.0. The van der Waals surface area contributed by atoms with Crippen LogP contribution in [0.25, 0.3) is 5.32 Å². The summed E-state index contributed by atoms with van der Waals surface area (Å²) in [7, 11) is 1.66. The van der Waals surface area contributed by atoms with Gasteiger partial charge in [0.05, 0.1) is 13.0 Å². The molecule has 16 nitrogen and oxygen atoms in total. The van der Waals surface area contributed by atoms with Gasteiger partial charge in [-0.15, -0.1) is 6.54 Å². The Bertz CT molecular complexity index is 1180. The molecule has 0 aliphatic carbocycles. The predicted molar refractivity (Wildman–Crippen MR) is 161 cm³/mol. The number of nitrogens with one attached hydrogen (secondary N) is 5. The van der Waals surface area contributed by atoms with Gasteiger partial charge in [-0.3, -0.25) is 33.8 Å². The molecule has 44 heavy (non-hydrogen) atoms. The first-order chi connectivity index (χ1) is 21.0. The van der Waals surface area contributed by atoms with E-state index in [9.17, 15) is 33.9 Å². The second-order valence-electron chi connectivity index (χ2n) is 10.3. The van der Waals surface area contributed by atoms with Crippen molar-refractivity contribution in [3.05, 3.63) is 41.2 Å². The number of hydrogen-bond acceptors (Lipinski definition) is 7. The largest absolute Gasteiger partial charge is 0.665 e. The number of nitrogens with two attached hydrogens (primary N) is 2. The van der Waals surface area contributed by atoms with Crippen molar-refractivity contribution in [2.75, 3.05) is 26.7 Å². The molecule has 1 aromatic rings. The summed E-state index contributed by atoms with van der Waals surface area (Å²) in [4.78, 5) is 81.4. The van der Waals surface area contributed by atoms with Crippen molar-refractivity contribution in [1.82, 2.24) is 26.6 Å². The van der Waals surface area contributed by atoms with E-state index in [1.165, 1.54) is 0 Å². The van der Waals surface area contributed by atoms with Crippen molar-refractivity contribution < 1.29 is 33.9 Å². The Labute approximate surface area is 255 Å². The van der Waals surface area contributed by atoms with Crippen LogP contribution in [0.3, 0.4) is 0 Å². The van der Waals surface area contributed by atoms with E-state index >= 15 is 0 Å². The number of amides is 5. The summed E-state index contributed by atoms with van der Waals surface area (Å²) in [6.45, 7) is 0.128. The van der Waals surface area contributed by atoms with Gasteiger partial charge in [0.2, 0.25) is 29.5 Å². The molecule has 5 amide bonds. The number of benzene rings is 1. The second kappa shape index (κ2) is 18.7. The van der Waals surface area contributed by atoms with Crippen LogP contribution >= 0.6 is 0 Å². The molecule has 242 valence electrons. The minimum absolute atomic E-state index is 0.0165. The summed E-state index contributed by atoms with van der Waals surface area (Å²) in [5.74, 6) is -5.31. The molecule has 10 N–H and O–H groups in total. The van der Waals surface area contributed by atoms with Crippen LogP contribution < -0.4 is 38.1 Å². The number of unbranched alkanes of at least 4 members (excludes halogenated alkanes) is 1. The Hall–Kier alpha value is -4.73. The molecule has 0 aromatic heterocycles. The summed E-state index contributed by atoms with van der Waals surface area (Å²) < 4.78 is 0. The second-order valence-corrected chi connectivity index (χ2v) is 10.3. The van der Waals surface area contributed by atoms with Crippen LogP contribution in [0.1, 0.15) is 44.1 Å². The average molecular weight is 617 g/mol. The lowest BCUT2D eigenvalue weighted by Crippen LogP contribution is -2.58. The van der Waals surface area contributed by atoms with Crippen LogP contribution in [0.4, 0.5) is 0 Å². The Kier molecular flexibility index (Phi) is 15.1. The maximum absolute atomic E-state index is 13.6. The van der Waals surface area contributed by atoms with Crippen molar-refractivity contribution in [1.29, 1.82) is 0 Å². The molecule has 1 fully saturated rings.